The highest BCUT2D eigenvalue weighted by molar-refractivity contribution is 7.22. The Hall–Kier alpha value is -1.56. The van der Waals surface area contributed by atoms with Crippen LogP contribution in [0.2, 0.25) is 0 Å². The molecule has 0 radical (unpaired) electrons. The smallest absolute Gasteiger partial charge is 0.173 e. The van der Waals surface area contributed by atoms with Crippen molar-refractivity contribution in [2.45, 2.75) is 38.6 Å². The molecule has 3 fully saturated rings. The second-order valence-electron chi connectivity index (χ2n) is 8.38. The van der Waals surface area contributed by atoms with Crippen molar-refractivity contribution in [3.8, 4) is 10.6 Å². The number of aromatic nitrogens is 1. The SMILES string of the molecule is CC1(C)[C@H](CC(=O)c2cc3cccc(-c4nccs4)c3s2)C2CCN1CC2. The molecule has 1 aromatic carbocycles. The fourth-order valence-corrected chi connectivity index (χ4v) is 6.99. The van der Waals surface area contributed by atoms with E-state index in [2.05, 4.69) is 48.0 Å². The quantitative estimate of drug-likeness (QED) is 0.529. The summed E-state index contributed by atoms with van der Waals surface area (Å²) in [7, 11) is 0. The fourth-order valence-electron chi connectivity index (χ4n) is 5.13. The first-order valence-corrected chi connectivity index (χ1v) is 11.4. The molecule has 0 spiro atoms. The van der Waals surface area contributed by atoms with Crippen LogP contribution in [0.1, 0.15) is 42.8 Å². The minimum Gasteiger partial charge on any atom is -0.298 e. The molecule has 3 saturated heterocycles. The van der Waals surface area contributed by atoms with Gasteiger partial charge in [-0.3, -0.25) is 9.69 Å². The van der Waals surface area contributed by atoms with Crippen LogP contribution in [-0.4, -0.2) is 34.3 Å². The predicted octanol–water partition coefficient (Wildman–Crippen LogP) is 5.72. The average molecular weight is 397 g/mol. The molecule has 5 heteroatoms. The average Bonchev–Trinajstić information content (AvgIpc) is 3.34. The van der Waals surface area contributed by atoms with Gasteiger partial charge < -0.3 is 0 Å². The molecule has 140 valence electrons. The number of Topliss-reactive ketones (excluding diaryl/α,β-unsaturated/α-hetero) is 1. The Kier molecular flexibility index (Phi) is 4.22. The summed E-state index contributed by atoms with van der Waals surface area (Å²) in [5.74, 6) is 1.48. The van der Waals surface area contributed by atoms with Crippen LogP contribution in [0.3, 0.4) is 0 Å². The number of nitrogens with zero attached hydrogens (tertiary/aromatic N) is 2. The van der Waals surface area contributed by atoms with Crippen molar-refractivity contribution in [2.24, 2.45) is 11.8 Å². The highest BCUT2D eigenvalue weighted by atomic mass is 32.1. The van der Waals surface area contributed by atoms with E-state index in [0.717, 1.165) is 20.8 Å². The van der Waals surface area contributed by atoms with Gasteiger partial charge in [-0.1, -0.05) is 18.2 Å². The molecule has 0 saturated carbocycles. The second kappa shape index (κ2) is 6.50. The number of hydrogen-bond acceptors (Lipinski definition) is 5. The van der Waals surface area contributed by atoms with E-state index in [0.29, 0.717) is 24.0 Å². The van der Waals surface area contributed by atoms with Gasteiger partial charge in [0.15, 0.2) is 5.78 Å². The van der Waals surface area contributed by atoms with Gasteiger partial charge >= 0.3 is 0 Å². The van der Waals surface area contributed by atoms with Crippen molar-refractivity contribution >= 4 is 38.5 Å². The molecule has 5 heterocycles. The highest BCUT2D eigenvalue weighted by Crippen LogP contribution is 2.46. The molecule has 0 N–H and O–H groups in total. The van der Waals surface area contributed by atoms with Gasteiger partial charge in [-0.15, -0.1) is 22.7 Å². The predicted molar refractivity (Wildman–Crippen MR) is 114 cm³/mol. The molecule has 3 aromatic rings. The summed E-state index contributed by atoms with van der Waals surface area (Å²) in [5, 5.41) is 4.19. The van der Waals surface area contributed by atoms with Crippen molar-refractivity contribution < 1.29 is 4.79 Å². The van der Waals surface area contributed by atoms with Crippen LogP contribution >= 0.6 is 22.7 Å². The summed E-state index contributed by atoms with van der Waals surface area (Å²) >= 11 is 3.29. The van der Waals surface area contributed by atoms with Gasteiger partial charge in [-0.2, -0.15) is 0 Å². The largest absolute Gasteiger partial charge is 0.298 e. The monoisotopic (exact) mass is 396 g/mol. The molecule has 27 heavy (non-hydrogen) atoms. The first kappa shape index (κ1) is 17.5. The molecular weight excluding hydrogens is 372 g/mol. The van der Waals surface area contributed by atoms with Crippen molar-refractivity contribution in [3.63, 3.8) is 0 Å². The van der Waals surface area contributed by atoms with Gasteiger partial charge in [0.2, 0.25) is 0 Å². The third kappa shape index (κ3) is 2.87. The first-order valence-electron chi connectivity index (χ1n) is 9.75. The number of rotatable bonds is 4. The molecule has 2 bridgehead atoms. The fraction of sp³-hybridized carbons (Fsp3) is 0.455. The summed E-state index contributed by atoms with van der Waals surface area (Å²) in [5.41, 5.74) is 1.29. The van der Waals surface area contributed by atoms with Crippen molar-refractivity contribution in [3.05, 3.63) is 40.7 Å². The third-order valence-electron chi connectivity index (χ3n) is 6.72. The van der Waals surface area contributed by atoms with Crippen LogP contribution in [0.5, 0.6) is 0 Å². The van der Waals surface area contributed by atoms with E-state index in [-0.39, 0.29) is 5.54 Å². The Morgan fingerprint density at radius 3 is 2.81 bits per heavy atom. The summed E-state index contributed by atoms with van der Waals surface area (Å²) in [4.78, 5) is 21.2. The molecule has 0 amide bonds. The number of thiazole rings is 1. The Morgan fingerprint density at radius 1 is 1.30 bits per heavy atom. The van der Waals surface area contributed by atoms with Crippen LogP contribution in [0, 0.1) is 11.8 Å². The maximum Gasteiger partial charge on any atom is 0.173 e. The van der Waals surface area contributed by atoms with Crippen LogP contribution in [0.25, 0.3) is 20.7 Å². The van der Waals surface area contributed by atoms with Gasteiger partial charge in [0.25, 0.3) is 0 Å². The first-order chi connectivity index (χ1) is 13.0. The maximum atomic E-state index is 13.2. The zero-order valence-corrected chi connectivity index (χ0v) is 17.4. The molecule has 1 atom stereocenters. The Morgan fingerprint density at radius 2 is 2.11 bits per heavy atom. The highest BCUT2D eigenvalue weighted by Gasteiger charge is 2.48. The molecule has 0 unspecified atom stereocenters. The molecule has 3 aliphatic rings. The third-order valence-corrected chi connectivity index (χ3v) is 8.75. The van der Waals surface area contributed by atoms with Crippen LogP contribution < -0.4 is 0 Å². The maximum absolute atomic E-state index is 13.2. The Balaban J connectivity index is 1.46. The van der Waals surface area contributed by atoms with E-state index in [1.165, 1.54) is 30.6 Å². The number of fused-ring (bicyclic) bond motifs is 4. The molecule has 3 aliphatic heterocycles. The number of piperidine rings is 3. The molecule has 3 nitrogen and oxygen atoms in total. The Bertz CT molecular complexity index is 981. The zero-order chi connectivity index (χ0) is 18.6. The normalized spacial score (nSPS) is 26.5. The lowest BCUT2D eigenvalue weighted by Crippen LogP contribution is -2.61. The van der Waals surface area contributed by atoms with Gasteiger partial charge in [0.1, 0.15) is 5.01 Å². The van der Waals surface area contributed by atoms with Gasteiger partial charge in [-0.25, -0.2) is 4.98 Å². The zero-order valence-electron chi connectivity index (χ0n) is 15.8. The standard InChI is InChI=1S/C22H24N2OS2/c1-22(2)17(14-6-9-24(22)10-7-14)13-18(25)19-12-15-4-3-5-16(20(15)27-19)21-23-8-11-26-21/h3-5,8,11-12,14,17H,6-7,9-10,13H2,1-2H3/t17-/m1/s1. The van der Waals surface area contributed by atoms with Gasteiger partial charge in [0, 0.05) is 33.8 Å². The van der Waals surface area contributed by atoms with Crippen LogP contribution in [-0.2, 0) is 0 Å². The minimum atomic E-state index is 0.138. The summed E-state index contributed by atoms with van der Waals surface area (Å²) in [6.45, 7) is 7.06. The van der Waals surface area contributed by atoms with E-state index < -0.39 is 0 Å². The van der Waals surface area contributed by atoms with E-state index in [1.807, 2.05) is 11.6 Å². The number of carbonyl (C=O) groups is 1. The number of ketones is 1. The van der Waals surface area contributed by atoms with Crippen LogP contribution in [0.15, 0.2) is 35.8 Å². The Labute approximate surface area is 168 Å². The van der Waals surface area contributed by atoms with Crippen molar-refractivity contribution in [2.75, 3.05) is 13.1 Å². The van der Waals surface area contributed by atoms with E-state index in [9.17, 15) is 4.79 Å². The van der Waals surface area contributed by atoms with Crippen molar-refractivity contribution in [1.29, 1.82) is 0 Å². The second-order valence-corrected chi connectivity index (χ2v) is 10.3. The van der Waals surface area contributed by atoms with Crippen LogP contribution in [0.4, 0.5) is 0 Å². The van der Waals surface area contributed by atoms with Gasteiger partial charge in [0.05, 0.1) is 4.88 Å². The number of hydrogen-bond donors (Lipinski definition) is 0. The van der Waals surface area contributed by atoms with Gasteiger partial charge in [-0.05, 0) is 63.1 Å². The summed E-state index contributed by atoms with van der Waals surface area (Å²) in [6, 6.07) is 8.38. The molecule has 0 aliphatic carbocycles. The number of carbonyl (C=O) groups excluding carboxylic acids is 1. The lowest BCUT2D eigenvalue weighted by atomic mass is 9.65. The lowest BCUT2D eigenvalue weighted by molar-refractivity contribution is -0.0643. The molecule has 6 rings (SSSR count). The summed E-state index contributed by atoms with van der Waals surface area (Å²) in [6.07, 6.45) is 5.02. The number of benzene rings is 1. The topological polar surface area (TPSA) is 33.2 Å². The van der Waals surface area contributed by atoms with E-state index in [1.54, 1.807) is 22.7 Å². The van der Waals surface area contributed by atoms with E-state index in [4.69, 9.17) is 0 Å². The summed E-state index contributed by atoms with van der Waals surface area (Å²) < 4.78 is 1.18. The van der Waals surface area contributed by atoms with Crippen molar-refractivity contribution in [1.82, 2.24) is 9.88 Å². The molecular formula is C22H24N2OS2. The molecule has 2 aromatic heterocycles. The van der Waals surface area contributed by atoms with E-state index >= 15 is 0 Å². The number of thiophene rings is 1. The lowest BCUT2D eigenvalue weighted by Gasteiger charge is -2.56. The minimum absolute atomic E-state index is 0.138.